The van der Waals surface area contributed by atoms with Gasteiger partial charge in [-0.15, -0.1) is 0 Å². The number of hydrogen-bond acceptors (Lipinski definition) is 3. The molecule has 6 heteroatoms. The van der Waals surface area contributed by atoms with E-state index in [1.165, 1.54) is 0 Å². The van der Waals surface area contributed by atoms with Crippen molar-refractivity contribution in [3.8, 4) is 5.75 Å². The number of carbonyl (C=O) groups is 1. The van der Waals surface area contributed by atoms with Crippen LogP contribution in [-0.2, 0) is 11.2 Å². The number of aromatic amines is 1. The molecule has 0 aliphatic carbocycles. The van der Waals surface area contributed by atoms with Gasteiger partial charge in [-0.25, -0.2) is 0 Å². The molecule has 1 amide bonds. The first kappa shape index (κ1) is 18.0. The molecule has 0 atom stereocenters. The Morgan fingerprint density at radius 3 is 2.73 bits per heavy atom. The number of hydrogen-bond donors (Lipinski definition) is 2. The molecule has 0 radical (unpaired) electrons. The quantitative estimate of drug-likeness (QED) is 0.711. The van der Waals surface area contributed by atoms with Crippen LogP contribution in [0.5, 0.6) is 5.75 Å². The molecular weight excluding hydrogens is 352 g/mol. The topological polar surface area (TPSA) is 71.2 Å². The zero-order valence-corrected chi connectivity index (χ0v) is 15.3. The van der Waals surface area contributed by atoms with Crippen molar-refractivity contribution in [2.75, 3.05) is 12.4 Å². The second-order valence-electron chi connectivity index (χ2n) is 6.09. The van der Waals surface area contributed by atoms with Gasteiger partial charge < -0.3 is 15.0 Å². The maximum atomic E-state index is 12.2. The number of pyridine rings is 1. The number of benzene rings is 2. The molecule has 1 aromatic heterocycles. The van der Waals surface area contributed by atoms with E-state index in [-0.39, 0.29) is 17.9 Å². The molecule has 0 aliphatic heterocycles. The third-order valence-corrected chi connectivity index (χ3v) is 4.61. The van der Waals surface area contributed by atoms with Crippen LogP contribution in [0.1, 0.15) is 17.5 Å². The van der Waals surface area contributed by atoms with Gasteiger partial charge in [-0.1, -0.05) is 17.7 Å². The summed E-state index contributed by atoms with van der Waals surface area (Å²) in [5.74, 6) is 0.541. The van der Waals surface area contributed by atoms with E-state index in [4.69, 9.17) is 16.3 Å². The van der Waals surface area contributed by atoms with Crippen molar-refractivity contribution in [2.45, 2.75) is 19.8 Å². The molecule has 5 nitrogen and oxygen atoms in total. The lowest BCUT2D eigenvalue weighted by atomic mass is 10.1. The number of aryl methyl sites for hydroxylation is 2. The monoisotopic (exact) mass is 370 g/mol. The molecule has 0 bridgehead atoms. The number of H-pyrrole nitrogens is 1. The van der Waals surface area contributed by atoms with Crippen LogP contribution in [0.3, 0.4) is 0 Å². The van der Waals surface area contributed by atoms with Gasteiger partial charge in [0.25, 0.3) is 5.56 Å². The minimum Gasteiger partial charge on any atom is -0.497 e. The lowest BCUT2D eigenvalue weighted by molar-refractivity contribution is -0.116. The molecule has 3 rings (SSSR count). The van der Waals surface area contributed by atoms with Crippen LogP contribution in [0.4, 0.5) is 5.69 Å². The highest BCUT2D eigenvalue weighted by Gasteiger charge is 2.09. The number of amides is 1. The van der Waals surface area contributed by atoms with Gasteiger partial charge in [0.2, 0.25) is 5.91 Å². The summed E-state index contributed by atoms with van der Waals surface area (Å²) in [6, 6.07) is 12.6. The summed E-state index contributed by atoms with van der Waals surface area (Å²) in [6.45, 7) is 1.90. The van der Waals surface area contributed by atoms with E-state index in [0.717, 1.165) is 16.5 Å². The number of nitrogens with one attached hydrogen (secondary N) is 2. The Hall–Kier alpha value is -2.79. The molecule has 0 spiro atoms. The third-order valence-electron chi connectivity index (χ3n) is 4.21. The van der Waals surface area contributed by atoms with E-state index in [1.54, 1.807) is 37.4 Å². The fourth-order valence-electron chi connectivity index (χ4n) is 2.68. The molecule has 0 saturated heterocycles. The van der Waals surface area contributed by atoms with E-state index in [2.05, 4.69) is 10.3 Å². The minimum absolute atomic E-state index is 0.171. The number of halogens is 1. The van der Waals surface area contributed by atoms with Crippen LogP contribution in [0.15, 0.2) is 47.3 Å². The van der Waals surface area contributed by atoms with Crippen molar-refractivity contribution in [3.63, 3.8) is 0 Å². The summed E-state index contributed by atoms with van der Waals surface area (Å²) >= 11 is 6.06. The minimum atomic E-state index is -0.186. The number of aromatic nitrogens is 1. The van der Waals surface area contributed by atoms with Crippen molar-refractivity contribution >= 4 is 34.1 Å². The smallest absolute Gasteiger partial charge is 0.251 e. The van der Waals surface area contributed by atoms with Crippen LogP contribution in [0, 0.1) is 6.92 Å². The molecule has 3 aromatic rings. The molecule has 0 fully saturated rings. The molecule has 0 saturated carbocycles. The number of methoxy groups -OCH3 is 1. The van der Waals surface area contributed by atoms with Crippen molar-refractivity contribution in [1.29, 1.82) is 0 Å². The van der Waals surface area contributed by atoms with E-state index in [0.29, 0.717) is 28.4 Å². The summed E-state index contributed by atoms with van der Waals surface area (Å²) in [5.41, 5.74) is 2.69. The standard InChI is InChI=1S/C20H19ClN2O3/c1-12-3-5-15(11-17(12)21)22-19(24)8-4-13-9-14-10-16(26-2)6-7-18(14)23-20(13)25/h3,5-7,9-11H,4,8H2,1-2H3,(H,22,24)(H,23,25). The van der Waals surface area contributed by atoms with Crippen LogP contribution in [0.2, 0.25) is 5.02 Å². The first-order valence-electron chi connectivity index (χ1n) is 8.22. The Morgan fingerprint density at radius 2 is 2.00 bits per heavy atom. The number of ether oxygens (including phenoxy) is 1. The second-order valence-corrected chi connectivity index (χ2v) is 6.50. The average Bonchev–Trinajstić information content (AvgIpc) is 2.62. The van der Waals surface area contributed by atoms with Gasteiger partial charge in [-0.2, -0.15) is 0 Å². The fourth-order valence-corrected chi connectivity index (χ4v) is 2.87. The Balaban J connectivity index is 1.72. The zero-order valence-electron chi connectivity index (χ0n) is 14.6. The SMILES string of the molecule is COc1ccc2[nH]c(=O)c(CCC(=O)Nc3ccc(C)c(Cl)c3)cc2c1. The molecule has 2 aromatic carbocycles. The fraction of sp³-hybridized carbons (Fsp3) is 0.200. The Morgan fingerprint density at radius 1 is 1.19 bits per heavy atom. The third kappa shape index (κ3) is 4.06. The van der Waals surface area contributed by atoms with Crippen molar-refractivity contribution in [2.24, 2.45) is 0 Å². The number of fused-ring (bicyclic) bond motifs is 1. The maximum absolute atomic E-state index is 12.2. The molecule has 0 unspecified atom stereocenters. The first-order chi connectivity index (χ1) is 12.5. The van der Waals surface area contributed by atoms with Gasteiger partial charge in [0.15, 0.2) is 0 Å². The zero-order chi connectivity index (χ0) is 18.7. The summed E-state index contributed by atoms with van der Waals surface area (Å²) in [6.07, 6.45) is 0.540. The first-order valence-corrected chi connectivity index (χ1v) is 8.60. The number of carbonyl (C=O) groups excluding carboxylic acids is 1. The average molecular weight is 371 g/mol. The van der Waals surface area contributed by atoms with Gasteiger partial charge >= 0.3 is 0 Å². The van der Waals surface area contributed by atoms with Crippen molar-refractivity contribution in [1.82, 2.24) is 4.98 Å². The van der Waals surface area contributed by atoms with E-state index >= 15 is 0 Å². The predicted octanol–water partition coefficient (Wildman–Crippen LogP) is 4.07. The highest BCUT2D eigenvalue weighted by Crippen LogP contribution is 2.21. The van der Waals surface area contributed by atoms with E-state index in [9.17, 15) is 9.59 Å². The van der Waals surface area contributed by atoms with Gasteiger partial charge in [-0.3, -0.25) is 9.59 Å². The highest BCUT2D eigenvalue weighted by atomic mass is 35.5. The molecule has 2 N–H and O–H groups in total. The van der Waals surface area contributed by atoms with Gasteiger partial charge in [0, 0.05) is 33.6 Å². The Bertz CT molecular complexity index is 1030. The summed E-state index contributed by atoms with van der Waals surface area (Å²) < 4.78 is 5.21. The summed E-state index contributed by atoms with van der Waals surface area (Å²) in [7, 11) is 1.59. The second kappa shape index (κ2) is 7.62. The summed E-state index contributed by atoms with van der Waals surface area (Å²) in [5, 5.41) is 4.26. The van der Waals surface area contributed by atoms with Crippen LogP contribution in [-0.4, -0.2) is 18.0 Å². The molecule has 0 aliphatic rings. The normalized spacial score (nSPS) is 10.7. The molecule has 26 heavy (non-hydrogen) atoms. The van der Waals surface area contributed by atoms with Crippen LogP contribution < -0.4 is 15.6 Å². The van der Waals surface area contributed by atoms with E-state index in [1.807, 2.05) is 19.1 Å². The molecule has 134 valence electrons. The molecule has 1 heterocycles. The molecular formula is C20H19ClN2O3. The number of rotatable bonds is 5. The van der Waals surface area contributed by atoms with Gasteiger partial charge in [0.05, 0.1) is 7.11 Å². The van der Waals surface area contributed by atoms with Crippen molar-refractivity contribution in [3.05, 3.63) is 69.0 Å². The highest BCUT2D eigenvalue weighted by molar-refractivity contribution is 6.31. The predicted molar refractivity (Wildman–Crippen MR) is 104 cm³/mol. The largest absolute Gasteiger partial charge is 0.497 e. The van der Waals surface area contributed by atoms with Crippen LogP contribution in [0.25, 0.3) is 10.9 Å². The number of anilines is 1. The summed E-state index contributed by atoms with van der Waals surface area (Å²) in [4.78, 5) is 27.2. The maximum Gasteiger partial charge on any atom is 0.251 e. The van der Waals surface area contributed by atoms with E-state index < -0.39 is 0 Å². The van der Waals surface area contributed by atoms with Gasteiger partial charge in [-0.05, 0) is 55.3 Å². The van der Waals surface area contributed by atoms with Gasteiger partial charge in [0.1, 0.15) is 5.75 Å². The Kier molecular flexibility index (Phi) is 5.28. The lowest BCUT2D eigenvalue weighted by Gasteiger charge is -2.08. The van der Waals surface area contributed by atoms with Crippen LogP contribution >= 0.6 is 11.6 Å². The lowest BCUT2D eigenvalue weighted by Crippen LogP contribution is -2.17. The Labute approximate surface area is 156 Å². The van der Waals surface area contributed by atoms with Crippen molar-refractivity contribution < 1.29 is 9.53 Å².